The molecule has 1 rings (SSSR count). The van der Waals surface area contributed by atoms with Crippen LogP contribution in [0.1, 0.15) is 19.4 Å². The third-order valence-electron chi connectivity index (χ3n) is 1.60. The summed E-state index contributed by atoms with van der Waals surface area (Å²) in [5, 5.41) is 11.5. The first-order chi connectivity index (χ1) is 6.81. The van der Waals surface area contributed by atoms with E-state index in [2.05, 4.69) is 11.4 Å². The third-order valence-corrected chi connectivity index (χ3v) is 1.60. The van der Waals surface area contributed by atoms with Crippen LogP contribution in [0.15, 0.2) is 18.2 Å². The van der Waals surface area contributed by atoms with Gasteiger partial charge in [-0.2, -0.15) is 5.26 Å². The quantitative estimate of drug-likeness (QED) is 0.783. The van der Waals surface area contributed by atoms with Crippen molar-refractivity contribution in [1.29, 1.82) is 5.26 Å². The molecule has 0 aliphatic heterocycles. The Labute approximate surface area is 85.3 Å². The summed E-state index contributed by atoms with van der Waals surface area (Å²) in [6, 6.07) is 7.30. The average molecular weight is 192 g/mol. The normalized spacial score (nSPS) is 7.93. The number of nitrogens with zero attached hydrogens (tertiary/aromatic N) is 1. The molecule has 1 aromatic rings. The van der Waals surface area contributed by atoms with E-state index in [1.165, 1.54) is 0 Å². The minimum Gasteiger partial charge on any atom is -0.495 e. The molecule has 0 radical (unpaired) electrons. The highest BCUT2D eigenvalue weighted by Gasteiger charge is 2.00. The summed E-state index contributed by atoms with van der Waals surface area (Å²) in [5.74, 6) is 0.747. The summed E-state index contributed by atoms with van der Waals surface area (Å²) in [5.41, 5.74) is 1.46. The van der Waals surface area contributed by atoms with Crippen LogP contribution < -0.4 is 10.1 Å². The monoisotopic (exact) mass is 192 g/mol. The fraction of sp³-hybridized carbons (Fsp3) is 0.364. The van der Waals surface area contributed by atoms with Crippen LogP contribution in [0, 0.1) is 11.3 Å². The average Bonchev–Trinajstić information content (AvgIpc) is 2.30. The zero-order valence-electron chi connectivity index (χ0n) is 9.09. The molecule has 3 heteroatoms. The maximum atomic E-state index is 8.60. The molecule has 0 unspecified atom stereocenters. The highest BCUT2D eigenvalue weighted by atomic mass is 16.5. The van der Waals surface area contributed by atoms with Crippen LogP contribution in [-0.4, -0.2) is 14.2 Å². The van der Waals surface area contributed by atoms with Gasteiger partial charge in [0.15, 0.2) is 0 Å². The highest BCUT2D eigenvalue weighted by Crippen LogP contribution is 2.24. The number of ether oxygens (including phenoxy) is 1. The Balaban J connectivity index is 0.000000791. The van der Waals surface area contributed by atoms with Gasteiger partial charge in [-0.1, -0.05) is 13.8 Å². The third kappa shape index (κ3) is 2.98. The smallest absolute Gasteiger partial charge is 0.142 e. The SMILES string of the molecule is CC.CNc1cc(C#N)ccc1OC. The molecule has 0 heterocycles. The molecule has 0 fully saturated rings. The van der Waals surface area contributed by atoms with Gasteiger partial charge in [-0.05, 0) is 18.2 Å². The molecule has 3 nitrogen and oxygen atoms in total. The van der Waals surface area contributed by atoms with Crippen molar-refractivity contribution in [3.05, 3.63) is 23.8 Å². The zero-order chi connectivity index (χ0) is 11.0. The lowest BCUT2D eigenvalue weighted by molar-refractivity contribution is 0.416. The summed E-state index contributed by atoms with van der Waals surface area (Å²) in [6.45, 7) is 4.00. The minimum absolute atomic E-state index is 0.625. The van der Waals surface area contributed by atoms with E-state index < -0.39 is 0 Å². The Morgan fingerprint density at radius 3 is 2.43 bits per heavy atom. The molecule has 0 aliphatic rings. The molecule has 0 bridgehead atoms. The van der Waals surface area contributed by atoms with Crippen LogP contribution in [0.3, 0.4) is 0 Å². The van der Waals surface area contributed by atoms with Crippen molar-refractivity contribution in [1.82, 2.24) is 0 Å². The van der Waals surface area contributed by atoms with Gasteiger partial charge in [-0.3, -0.25) is 0 Å². The van der Waals surface area contributed by atoms with Gasteiger partial charge in [0.2, 0.25) is 0 Å². The van der Waals surface area contributed by atoms with Crippen LogP contribution in [-0.2, 0) is 0 Å². The number of rotatable bonds is 2. The van der Waals surface area contributed by atoms with E-state index in [4.69, 9.17) is 10.00 Å². The second kappa shape index (κ2) is 6.79. The van der Waals surface area contributed by atoms with Crippen LogP contribution in [0.4, 0.5) is 5.69 Å². The topological polar surface area (TPSA) is 45.0 Å². The van der Waals surface area contributed by atoms with E-state index >= 15 is 0 Å². The van der Waals surface area contributed by atoms with E-state index in [9.17, 15) is 0 Å². The largest absolute Gasteiger partial charge is 0.495 e. The molecule has 0 atom stereocenters. The van der Waals surface area contributed by atoms with Gasteiger partial charge in [0.05, 0.1) is 24.4 Å². The summed E-state index contributed by atoms with van der Waals surface area (Å²) in [6.07, 6.45) is 0. The van der Waals surface area contributed by atoms with Gasteiger partial charge in [0.1, 0.15) is 5.75 Å². The number of hydrogen-bond donors (Lipinski definition) is 1. The van der Waals surface area contributed by atoms with E-state index in [1.54, 1.807) is 32.4 Å². The van der Waals surface area contributed by atoms with E-state index in [-0.39, 0.29) is 0 Å². The van der Waals surface area contributed by atoms with Crippen LogP contribution in [0.5, 0.6) is 5.75 Å². The first-order valence-corrected chi connectivity index (χ1v) is 4.57. The molecule has 1 N–H and O–H groups in total. The molecular formula is C11H16N2O. The summed E-state index contributed by atoms with van der Waals surface area (Å²) in [4.78, 5) is 0. The minimum atomic E-state index is 0.625. The number of anilines is 1. The number of nitrogens with one attached hydrogen (secondary N) is 1. The molecular weight excluding hydrogens is 176 g/mol. The maximum absolute atomic E-state index is 8.60. The van der Waals surface area contributed by atoms with Gasteiger partial charge < -0.3 is 10.1 Å². The van der Waals surface area contributed by atoms with Crippen molar-refractivity contribution in [2.75, 3.05) is 19.5 Å². The summed E-state index contributed by atoms with van der Waals surface area (Å²) >= 11 is 0. The molecule has 14 heavy (non-hydrogen) atoms. The lowest BCUT2D eigenvalue weighted by Gasteiger charge is -2.06. The first-order valence-electron chi connectivity index (χ1n) is 4.57. The Kier molecular flexibility index (Phi) is 5.97. The number of nitriles is 1. The fourth-order valence-electron chi connectivity index (χ4n) is 0.973. The number of benzene rings is 1. The highest BCUT2D eigenvalue weighted by molar-refractivity contribution is 5.59. The lowest BCUT2D eigenvalue weighted by atomic mass is 10.2. The van der Waals surface area contributed by atoms with E-state index in [1.807, 2.05) is 13.8 Å². The zero-order valence-corrected chi connectivity index (χ0v) is 9.09. The summed E-state index contributed by atoms with van der Waals surface area (Å²) < 4.78 is 5.06. The van der Waals surface area contributed by atoms with Gasteiger partial charge in [0.25, 0.3) is 0 Å². The molecule has 0 saturated heterocycles. The molecule has 0 aromatic heterocycles. The Morgan fingerprint density at radius 2 is 2.00 bits per heavy atom. The Bertz CT molecular complexity index is 316. The molecule has 0 aliphatic carbocycles. The second-order valence-corrected chi connectivity index (χ2v) is 2.28. The predicted molar refractivity (Wildman–Crippen MR) is 58.6 cm³/mol. The predicted octanol–water partition coefficient (Wildman–Crippen LogP) is 2.63. The van der Waals surface area contributed by atoms with Gasteiger partial charge in [0, 0.05) is 7.05 Å². The van der Waals surface area contributed by atoms with Crippen molar-refractivity contribution >= 4 is 5.69 Å². The van der Waals surface area contributed by atoms with Crippen LogP contribution in [0.25, 0.3) is 0 Å². The lowest BCUT2D eigenvalue weighted by Crippen LogP contribution is -1.93. The van der Waals surface area contributed by atoms with Crippen molar-refractivity contribution < 1.29 is 4.74 Å². The maximum Gasteiger partial charge on any atom is 0.142 e. The van der Waals surface area contributed by atoms with E-state index in [0.717, 1.165) is 11.4 Å². The van der Waals surface area contributed by atoms with Crippen molar-refractivity contribution in [3.8, 4) is 11.8 Å². The Morgan fingerprint density at radius 1 is 1.36 bits per heavy atom. The molecule has 1 aromatic carbocycles. The van der Waals surface area contributed by atoms with Crippen LogP contribution in [0.2, 0.25) is 0 Å². The van der Waals surface area contributed by atoms with Crippen molar-refractivity contribution in [3.63, 3.8) is 0 Å². The fourth-order valence-corrected chi connectivity index (χ4v) is 0.973. The van der Waals surface area contributed by atoms with Crippen LogP contribution >= 0.6 is 0 Å². The van der Waals surface area contributed by atoms with Gasteiger partial charge >= 0.3 is 0 Å². The van der Waals surface area contributed by atoms with Crippen molar-refractivity contribution in [2.45, 2.75) is 13.8 Å². The van der Waals surface area contributed by atoms with E-state index in [0.29, 0.717) is 5.56 Å². The van der Waals surface area contributed by atoms with Crippen molar-refractivity contribution in [2.24, 2.45) is 0 Å². The molecule has 0 spiro atoms. The molecule has 0 amide bonds. The Hall–Kier alpha value is -1.69. The standard InChI is InChI=1S/C9H10N2O.C2H6/c1-11-8-5-7(6-10)3-4-9(8)12-2;1-2/h3-5,11H,1-2H3;1-2H3. The number of methoxy groups -OCH3 is 1. The second-order valence-electron chi connectivity index (χ2n) is 2.28. The molecule has 76 valence electrons. The first kappa shape index (κ1) is 12.3. The summed E-state index contributed by atoms with van der Waals surface area (Å²) in [7, 11) is 3.39. The number of hydrogen-bond acceptors (Lipinski definition) is 3. The molecule has 0 saturated carbocycles. The van der Waals surface area contributed by atoms with Gasteiger partial charge in [-0.15, -0.1) is 0 Å². The van der Waals surface area contributed by atoms with Gasteiger partial charge in [-0.25, -0.2) is 0 Å².